The van der Waals surface area contributed by atoms with Gasteiger partial charge in [-0.3, -0.25) is 9.69 Å². The molecule has 1 aromatic rings. The highest BCUT2D eigenvalue weighted by Gasteiger charge is 2.37. The highest BCUT2D eigenvalue weighted by Crippen LogP contribution is 2.34. The fourth-order valence-electron chi connectivity index (χ4n) is 3.17. The van der Waals surface area contributed by atoms with Crippen LogP contribution in [0.25, 0.3) is 0 Å². The van der Waals surface area contributed by atoms with Gasteiger partial charge in [0, 0.05) is 23.7 Å². The van der Waals surface area contributed by atoms with E-state index in [9.17, 15) is 9.59 Å². The molecule has 24 heavy (non-hydrogen) atoms. The third-order valence-electron chi connectivity index (χ3n) is 4.35. The number of likely N-dealkylation sites (tertiary alicyclic amines) is 1. The van der Waals surface area contributed by atoms with Crippen molar-refractivity contribution < 1.29 is 14.3 Å². The highest BCUT2D eigenvalue weighted by molar-refractivity contribution is 5.88. The van der Waals surface area contributed by atoms with Gasteiger partial charge in [-0.15, -0.1) is 0 Å². The Balaban J connectivity index is 1.92. The number of cyclic esters (lactones) is 1. The van der Waals surface area contributed by atoms with Gasteiger partial charge in [-0.2, -0.15) is 0 Å². The Labute approximate surface area is 142 Å². The van der Waals surface area contributed by atoms with Crippen molar-refractivity contribution >= 4 is 17.8 Å². The Morgan fingerprint density at radius 2 is 2.04 bits per heavy atom. The van der Waals surface area contributed by atoms with Gasteiger partial charge in [0.2, 0.25) is 5.91 Å². The Bertz CT molecular complexity index is 668. The molecule has 7 heteroatoms. The molecule has 1 aromatic heterocycles. The molecule has 3 heterocycles. The lowest BCUT2D eigenvalue weighted by Crippen LogP contribution is -2.39. The molecule has 0 N–H and O–H groups in total. The maximum atomic E-state index is 12.7. The standard InChI is InChI=1S/C17H24N4O3/c1-11-10-13(21-8-9-24-16(21)23)19-14(18-11)12-6-5-7-20(12)15(22)17(2,3)4/h10,12H,5-9H2,1-4H3/t12-/m1/s1. The summed E-state index contributed by atoms with van der Waals surface area (Å²) in [7, 11) is 0. The van der Waals surface area contributed by atoms with Crippen molar-refractivity contribution in [3.8, 4) is 0 Å². The second-order valence-corrected chi connectivity index (χ2v) is 7.40. The SMILES string of the molecule is Cc1cc(N2CCOC2=O)nc([C@H]2CCCN2C(=O)C(C)(C)C)n1. The Kier molecular flexibility index (Phi) is 4.19. The van der Waals surface area contributed by atoms with Crippen LogP contribution in [-0.4, -0.2) is 46.6 Å². The molecule has 2 fully saturated rings. The van der Waals surface area contributed by atoms with Crippen LogP contribution < -0.4 is 4.90 Å². The molecule has 0 saturated carbocycles. The van der Waals surface area contributed by atoms with Crippen LogP contribution in [0, 0.1) is 12.3 Å². The summed E-state index contributed by atoms with van der Waals surface area (Å²) in [5.41, 5.74) is 0.346. The van der Waals surface area contributed by atoms with E-state index in [0.717, 1.165) is 25.1 Å². The van der Waals surface area contributed by atoms with E-state index in [1.807, 2.05) is 32.6 Å². The maximum absolute atomic E-state index is 12.7. The molecule has 0 aliphatic carbocycles. The van der Waals surface area contributed by atoms with Crippen LogP contribution in [0.2, 0.25) is 0 Å². The van der Waals surface area contributed by atoms with Crippen LogP contribution >= 0.6 is 0 Å². The van der Waals surface area contributed by atoms with Gasteiger partial charge in [0.05, 0.1) is 12.6 Å². The summed E-state index contributed by atoms with van der Waals surface area (Å²) in [5, 5.41) is 0. The zero-order valence-electron chi connectivity index (χ0n) is 14.7. The summed E-state index contributed by atoms with van der Waals surface area (Å²) in [6.45, 7) is 9.23. The first-order valence-corrected chi connectivity index (χ1v) is 8.38. The Hall–Kier alpha value is -2.18. The number of aromatic nitrogens is 2. The lowest BCUT2D eigenvalue weighted by Gasteiger charge is -2.30. The van der Waals surface area contributed by atoms with Crippen LogP contribution in [0.5, 0.6) is 0 Å². The van der Waals surface area contributed by atoms with E-state index in [4.69, 9.17) is 4.74 Å². The maximum Gasteiger partial charge on any atom is 0.415 e. The molecule has 130 valence electrons. The summed E-state index contributed by atoms with van der Waals surface area (Å²) in [6, 6.07) is 1.65. The number of hydrogen-bond donors (Lipinski definition) is 0. The zero-order chi connectivity index (χ0) is 17.5. The lowest BCUT2D eigenvalue weighted by atomic mass is 9.94. The van der Waals surface area contributed by atoms with Crippen molar-refractivity contribution in [3.05, 3.63) is 17.6 Å². The fourth-order valence-corrected chi connectivity index (χ4v) is 3.17. The molecular weight excluding hydrogens is 308 g/mol. The minimum atomic E-state index is -0.437. The van der Waals surface area contributed by atoms with E-state index in [1.54, 1.807) is 6.07 Å². The number of aryl methyl sites for hydroxylation is 1. The topological polar surface area (TPSA) is 75.6 Å². The van der Waals surface area contributed by atoms with Gasteiger partial charge in [-0.1, -0.05) is 20.8 Å². The van der Waals surface area contributed by atoms with Gasteiger partial charge >= 0.3 is 6.09 Å². The number of carbonyl (C=O) groups is 2. The van der Waals surface area contributed by atoms with Crippen LogP contribution in [-0.2, 0) is 9.53 Å². The van der Waals surface area contributed by atoms with Gasteiger partial charge in [-0.25, -0.2) is 14.8 Å². The second-order valence-electron chi connectivity index (χ2n) is 7.40. The van der Waals surface area contributed by atoms with Gasteiger partial charge in [0.25, 0.3) is 0 Å². The summed E-state index contributed by atoms with van der Waals surface area (Å²) in [5.74, 6) is 1.27. The largest absolute Gasteiger partial charge is 0.447 e. The summed E-state index contributed by atoms with van der Waals surface area (Å²) in [6.07, 6.45) is 1.40. The molecule has 0 aromatic carbocycles. The van der Waals surface area contributed by atoms with Gasteiger partial charge in [0.1, 0.15) is 12.4 Å². The molecule has 2 aliphatic heterocycles. The average Bonchev–Trinajstić information content (AvgIpc) is 3.13. The van der Waals surface area contributed by atoms with Gasteiger partial charge in [0.15, 0.2) is 5.82 Å². The fraction of sp³-hybridized carbons (Fsp3) is 0.647. The molecule has 0 radical (unpaired) electrons. The third kappa shape index (κ3) is 3.07. The highest BCUT2D eigenvalue weighted by atomic mass is 16.6. The van der Waals surface area contributed by atoms with Crippen molar-refractivity contribution in [2.45, 2.75) is 46.6 Å². The van der Waals surface area contributed by atoms with Gasteiger partial charge in [-0.05, 0) is 19.8 Å². The van der Waals surface area contributed by atoms with Crippen molar-refractivity contribution in [2.75, 3.05) is 24.6 Å². The number of nitrogens with zero attached hydrogens (tertiary/aromatic N) is 4. The van der Waals surface area contributed by atoms with E-state index >= 15 is 0 Å². The van der Waals surface area contributed by atoms with Crippen LogP contribution in [0.1, 0.15) is 51.2 Å². The number of rotatable bonds is 2. The second kappa shape index (κ2) is 6.03. The minimum absolute atomic E-state index is 0.109. The van der Waals surface area contributed by atoms with Crippen molar-refractivity contribution in [2.24, 2.45) is 5.41 Å². The normalized spacial score (nSPS) is 21.3. The van der Waals surface area contributed by atoms with E-state index in [1.165, 1.54) is 4.90 Å². The smallest absolute Gasteiger partial charge is 0.415 e. The monoisotopic (exact) mass is 332 g/mol. The van der Waals surface area contributed by atoms with Gasteiger partial charge < -0.3 is 9.64 Å². The average molecular weight is 332 g/mol. The van der Waals surface area contributed by atoms with E-state index < -0.39 is 5.41 Å². The number of hydrogen-bond acceptors (Lipinski definition) is 5. The molecule has 0 unspecified atom stereocenters. The van der Waals surface area contributed by atoms with E-state index in [2.05, 4.69) is 9.97 Å². The van der Waals surface area contributed by atoms with Crippen molar-refractivity contribution in [3.63, 3.8) is 0 Å². The minimum Gasteiger partial charge on any atom is -0.447 e. The predicted molar refractivity (Wildman–Crippen MR) is 88.6 cm³/mol. The first-order chi connectivity index (χ1) is 11.3. The summed E-state index contributed by atoms with van der Waals surface area (Å²) in [4.78, 5) is 37.0. The number of anilines is 1. The number of carbonyl (C=O) groups excluding carboxylic acids is 2. The molecule has 1 atom stereocenters. The molecule has 7 nitrogen and oxygen atoms in total. The third-order valence-corrected chi connectivity index (χ3v) is 4.35. The molecule has 2 aliphatic rings. The van der Waals surface area contributed by atoms with Crippen LogP contribution in [0.3, 0.4) is 0 Å². The summed E-state index contributed by atoms with van der Waals surface area (Å²) >= 11 is 0. The van der Waals surface area contributed by atoms with E-state index in [-0.39, 0.29) is 18.0 Å². The molecule has 3 rings (SSSR count). The quantitative estimate of drug-likeness (QED) is 0.831. The lowest BCUT2D eigenvalue weighted by molar-refractivity contribution is -0.140. The van der Waals surface area contributed by atoms with Crippen LogP contribution in [0.15, 0.2) is 6.07 Å². The Morgan fingerprint density at radius 3 is 2.67 bits per heavy atom. The summed E-state index contributed by atoms with van der Waals surface area (Å²) < 4.78 is 4.99. The molecule has 2 amide bonds. The van der Waals surface area contributed by atoms with Crippen molar-refractivity contribution in [1.29, 1.82) is 0 Å². The Morgan fingerprint density at radius 1 is 1.29 bits per heavy atom. The number of ether oxygens (including phenoxy) is 1. The molecule has 0 bridgehead atoms. The number of amides is 2. The first-order valence-electron chi connectivity index (χ1n) is 8.38. The predicted octanol–water partition coefficient (Wildman–Crippen LogP) is 2.45. The molecule has 0 spiro atoms. The molecular formula is C17H24N4O3. The van der Waals surface area contributed by atoms with Crippen LogP contribution in [0.4, 0.5) is 10.6 Å². The zero-order valence-corrected chi connectivity index (χ0v) is 14.7. The first kappa shape index (κ1) is 16.7. The van der Waals surface area contributed by atoms with E-state index in [0.29, 0.717) is 24.8 Å². The van der Waals surface area contributed by atoms with Crippen molar-refractivity contribution in [1.82, 2.24) is 14.9 Å². The molecule has 2 saturated heterocycles.